The Morgan fingerprint density at radius 1 is 1.37 bits per heavy atom. The number of aliphatic hydroxyl groups excluding tert-OH is 1. The number of aryl methyl sites for hydroxylation is 1. The van der Waals surface area contributed by atoms with Gasteiger partial charge in [-0.05, 0) is 25.1 Å². The maximum Gasteiger partial charge on any atom is 0.373 e. The van der Waals surface area contributed by atoms with Crippen molar-refractivity contribution in [1.29, 1.82) is 0 Å². The summed E-state index contributed by atoms with van der Waals surface area (Å²) in [5, 5.41) is 10.3. The summed E-state index contributed by atoms with van der Waals surface area (Å²) >= 11 is 3.38. The Bertz CT molecular complexity index is 603. The van der Waals surface area contributed by atoms with E-state index in [1.807, 2.05) is 25.1 Å². The molecule has 4 nitrogen and oxygen atoms in total. The Labute approximate surface area is 119 Å². The highest BCUT2D eigenvalue weighted by Crippen LogP contribution is 2.30. The highest BCUT2D eigenvalue weighted by molar-refractivity contribution is 9.10. The van der Waals surface area contributed by atoms with Crippen molar-refractivity contribution in [1.82, 2.24) is 0 Å². The van der Waals surface area contributed by atoms with Crippen molar-refractivity contribution < 1.29 is 19.1 Å². The molecule has 0 fully saturated rings. The van der Waals surface area contributed by atoms with E-state index in [4.69, 9.17) is 4.42 Å². The van der Waals surface area contributed by atoms with Gasteiger partial charge < -0.3 is 14.3 Å². The molecule has 1 atom stereocenters. The molecular weight excluding hydrogens is 312 g/mol. The molecule has 0 saturated carbocycles. The molecule has 1 unspecified atom stereocenters. The highest BCUT2D eigenvalue weighted by atomic mass is 79.9. The molecule has 19 heavy (non-hydrogen) atoms. The van der Waals surface area contributed by atoms with Gasteiger partial charge in [-0.25, -0.2) is 4.79 Å². The first-order valence-corrected chi connectivity index (χ1v) is 6.44. The first-order valence-electron chi connectivity index (χ1n) is 5.65. The number of esters is 1. The van der Waals surface area contributed by atoms with Crippen molar-refractivity contribution >= 4 is 21.9 Å². The Morgan fingerprint density at radius 2 is 2.11 bits per heavy atom. The summed E-state index contributed by atoms with van der Waals surface area (Å²) in [5.74, 6) is -0.200. The number of furan rings is 1. The Kier molecular flexibility index (Phi) is 4.07. The number of ether oxygens (including phenoxy) is 1. The van der Waals surface area contributed by atoms with Gasteiger partial charge >= 0.3 is 5.97 Å². The van der Waals surface area contributed by atoms with Crippen LogP contribution in [-0.4, -0.2) is 18.2 Å². The number of rotatable bonds is 3. The van der Waals surface area contributed by atoms with Crippen LogP contribution >= 0.6 is 15.9 Å². The van der Waals surface area contributed by atoms with Gasteiger partial charge in [0.15, 0.2) is 0 Å². The number of halogens is 1. The standard InChI is InChI=1S/C14H13BrO4/c1-8-3-4-10(15)9(7-8)13(16)11-5-6-12(19-11)14(17)18-2/h3-7,13,16H,1-2H3. The second-order valence-electron chi connectivity index (χ2n) is 4.12. The van der Waals surface area contributed by atoms with E-state index in [0.717, 1.165) is 10.0 Å². The maximum atomic E-state index is 11.3. The molecule has 0 aliphatic carbocycles. The van der Waals surface area contributed by atoms with E-state index >= 15 is 0 Å². The van der Waals surface area contributed by atoms with Crippen LogP contribution in [0.2, 0.25) is 0 Å². The first kappa shape index (κ1) is 13.8. The second kappa shape index (κ2) is 5.59. The van der Waals surface area contributed by atoms with Gasteiger partial charge in [-0.2, -0.15) is 0 Å². The number of carbonyl (C=O) groups is 1. The third-order valence-corrected chi connectivity index (χ3v) is 3.45. The number of methoxy groups -OCH3 is 1. The summed E-state index contributed by atoms with van der Waals surface area (Å²) in [7, 11) is 1.28. The minimum Gasteiger partial charge on any atom is -0.463 e. The lowest BCUT2D eigenvalue weighted by molar-refractivity contribution is 0.0558. The molecule has 1 N–H and O–H groups in total. The average Bonchev–Trinajstić information content (AvgIpc) is 2.89. The van der Waals surface area contributed by atoms with E-state index in [1.165, 1.54) is 13.2 Å². The van der Waals surface area contributed by atoms with Crippen molar-refractivity contribution in [2.24, 2.45) is 0 Å². The fraction of sp³-hybridized carbons (Fsp3) is 0.214. The predicted octanol–water partition coefficient (Wildman–Crippen LogP) is 3.22. The fourth-order valence-corrected chi connectivity index (χ4v) is 2.20. The molecule has 2 rings (SSSR count). The van der Waals surface area contributed by atoms with E-state index in [0.29, 0.717) is 11.3 Å². The van der Waals surface area contributed by atoms with Gasteiger partial charge in [0.25, 0.3) is 0 Å². The molecule has 0 saturated heterocycles. The second-order valence-corrected chi connectivity index (χ2v) is 4.98. The van der Waals surface area contributed by atoms with Crippen molar-refractivity contribution in [2.45, 2.75) is 13.0 Å². The van der Waals surface area contributed by atoms with E-state index in [2.05, 4.69) is 20.7 Å². The van der Waals surface area contributed by atoms with E-state index < -0.39 is 12.1 Å². The van der Waals surface area contributed by atoms with Gasteiger partial charge in [0.05, 0.1) is 7.11 Å². The lowest BCUT2D eigenvalue weighted by atomic mass is 10.1. The van der Waals surface area contributed by atoms with Crippen molar-refractivity contribution in [3.8, 4) is 0 Å². The van der Waals surface area contributed by atoms with E-state index in [-0.39, 0.29) is 5.76 Å². The van der Waals surface area contributed by atoms with Crippen LogP contribution in [0.5, 0.6) is 0 Å². The number of aliphatic hydroxyl groups is 1. The molecule has 0 aliphatic rings. The van der Waals surface area contributed by atoms with Gasteiger partial charge in [0.1, 0.15) is 11.9 Å². The summed E-state index contributed by atoms with van der Waals surface area (Å²) in [5.41, 5.74) is 1.71. The smallest absolute Gasteiger partial charge is 0.373 e. The van der Waals surface area contributed by atoms with Crippen LogP contribution in [0.25, 0.3) is 0 Å². The largest absolute Gasteiger partial charge is 0.463 e. The van der Waals surface area contributed by atoms with E-state index in [9.17, 15) is 9.90 Å². The van der Waals surface area contributed by atoms with E-state index in [1.54, 1.807) is 6.07 Å². The highest BCUT2D eigenvalue weighted by Gasteiger charge is 2.20. The first-order chi connectivity index (χ1) is 9.02. The van der Waals surface area contributed by atoms with Gasteiger partial charge in [0.2, 0.25) is 5.76 Å². The molecule has 0 bridgehead atoms. The summed E-state index contributed by atoms with van der Waals surface area (Å²) in [4.78, 5) is 11.3. The zero-order valence-electron chi connectivity index (χ0n) is 10.5. The van der Waals surface area contributed by atoms with Crippen LogP contribution in [0.1, 0.15) is 33.5 Å². The summed E-state index contributed by atoms with van der Waals surface area (Å²) in [6.45, 7) is 1.94. The lowest BCUT2D eigenvalue weighted by Gasteiger charge is -2.11. The summed E-state index contributed by atoms with van der Waals surface area (Å²) in [6, 6.07) is 8.69. The molecule has 1 aromatic carbocycles. The lowest BCUT2D eigenvalue weighted by Crippen LogP contribution is -2.01. The minimum absolute atomic E-state index is 0.0697. The van der Waals surface area contributed by atoms with Crippen LogP contribution in [-0.2, 0) is 4.74 Å². The van der Waals surface area contributed by atoms with Gasteiger partial charge in [0, 0.05) is 10.0 Å². The molecular formula is C14H13BrO4. The maximum absolute atomic E-state index is 11.3. The fourth-order valence-electron chi connectivity index (χ4n) is 1.74. The number of carbonyl (C=O) groups excluding carboxylic acids is 1. The Balaban J connectivity index is 2.33. The van der Waals surface area contributed by atoms with Crippen molar-refractivity contribution in [3.05, 3.63) is 57.5 Å². The molecule has 0 aliphatic heterocycles. The molecule has 1 aromatic heterocycles. The minimum atomic E-state index is -0.937. The zero-order chi connectivity index (χ0) is 14.0. The topological polar surface area (TPSA) is 59.7 Å². The molecule has 0 radical (unpaired) electrons. The summed E-state index contributed by atoms with van der Waals surface area (Å²) < 4.78 is 10.6. The monoisotopic (exact) mass is 324 g/mol. The zero-order valence-corrected chi connectivity index (χ0v) is 12.1. The third kappa shape index (κ3) is 2.88. The van der Waals surface area contributed by atoms with Crippen LogP contribution in [0, 0.1) is 6.92 Å². The number of hydrogen-bond donors (Lipinski definition) is 1. The van der Waals surface area contributed by atoms with Crippen LogP contribution < -0.4 is 0 Å². The van der Waals surface area contributed by atoms with Crippen molar-refractivity contribution in [2.75, 3.05) is 7.11 Å². The Morgan fingerprint density at radius 3 is 2.79 bits per heavy atom. The average molecular weight is 325 g/mol. The van der Waals surface area contributed by atoms with Gasteiger partial charge in [-0.15, -0.1) is 0 Å². The normalized spacial score (nSPS) is 12.2. The molecule has 0 spiro atoms. The summed E-state index contributed by atoms with van der Waals surface area (Å²) in [6.07, 6.45) is -0.937. The van der Waals surface area contributed by atoms with Crippen LogP contribution in [0.3, 0.4) is 0 Å². The molecule has 2 aromatic rings. The quantitative estimate of drug-likeness (QED) is 0.880. The SMILES string of the molecule is COC(=O)c1ccc(C(O)c2cc(C)ccc2Br)o1. The molecule has 1 heterocycles. The van der Waals surface area contributed by atoms with Crippen LogP contribution in [0.4, 0.5) is 0 Å². The number of benzene rings is 1. The Hall–Kier alpha value is -1.59. The molecule has 0 amide bonds. The van der Waals surface area contributed by atoms with Crippen molar-refractivity contribution in [3.63, 3.8) is 0 Å². The number of hydrogen-bond acceptors (Lipinski definition) is 4. The van der Waals surface area contributed by atoms with Gasteiger partial charge in [-0.1, -0.05) is 33.6 Å². The predicted molar refractivity (Wildman–Crippen MR) is 73.0 cm³/mol. The molecule has 5 heteroatoms. The third-order valence-electron chi connectivity index (χ3n) is 2.73. The molecule has 100 valence electrons. The van der Waals surface area contributed by atoms with Gasteiger partial charge in [-0.3, -0.25) is 0 Å². The van der Waals surface area contributed by atoms with Crippen LogP contribution in [0.15, 0.2) is 39.2 Å².